The second-order valence-corrected chi connectivity index (χ2v) is 12.2. The van der Waals surface area contributed by atoms with Gasteiger partial charge in [-0.25, -0.2) is 9.18 Å². The first-order chi connectivity index (χ1) is 17.1. The van der Waals surface area contributed by atoms with Crippen molar-refractivity contribution in [2.24, 2.45) is 23.7 Å². The quantitative estimate of drug-likeness (QED) is 0.501. The normalized spacial score (nSPS) is 26.6. The van der Waals surface area contributed by atoms with Crippen LogP contribution in [-0.2, 0) is 16.0 Å². The largest absolute Gasteiger partial charge is 0.444 e. The summed E-state index contributed by atoms with van der Waals surface area (Å²) in [5.74, 6) is -0.211. The molecule has 1 aromatic heterocycles. The number of thiophene rings is 1. The van der Waals surface area contributed by atoms with E-state index in [1.54, 1.807) is 29.2 Å². The highest BCUT2D eigenvalue weighted by atomic mass is 32.1. The third kappa shape index (κ3) is 4.51. The molecule has 3 aliphatic rings. The molecule has 0 unspecified atom stereocenters. The minimum atomic E-state index is -0.695. The van der Waals surface area contributed by atoms with E-state index in [2.05, 4.69) is 12.1 Å². The molecule has 6 nitrogen and oxygen atoms in total. The van der Waals surface area contributed by atoms with Gasteiger partial charge in [0.05, 0.1) is 18.0 Å². The van der Waals surface area contributed by atoms with Gasteiger partial charge in [0.15, 0.2) is 5.78 Å². The number of Topliss-reactive ketones (excluding diaryl/α,β-unsaturated/α-hetero) is 1. The molecule has 8 heteroatoms. The Morgan fingerprint density at radius 3 is 2.58 bits per heavy atom. The van der Waals surface area contributed by atoms with Crippen molar-refractivity contribution in [2.45, 2.75) is 64.1 Å². The summed E-state index contributed by atoms with van der Waals surface area (Å²) in [4.78, 5) is 29.5. The number of piperidine rings is 1. The molecule has 2 aliphatic carbocycles. The van der Waals surface area contributed by atoms with Crippen LogP contribution in [0, 0.1) is 52.2 Å². The lowest BCUT2D eigenvalue weighted by Gasteiger charge is -2.35. The third-order valence-electron chi connectivity index (χ3n) is 7.60. The highest BCUT2D eigenvalue weighted by Gasteiger charge is 2.67. The minimum Gasteiger partial charge on any atom is -0.444 e. The second kappa shape index (κ2) is 9.01. The Hall–Kier alpha value is -3.23. The average molecular weight is 506 g/mol. The summed E-state index contributed by atoms with van der Waals surface area (Å²) in [6.45, 7) is 5.42. The van der Waals surface area contributed by atoms with E-state index in [4.69, 9.17) is 10.00 Å². The van der Waals surface area contributed by atoms with Gasteiger partial charge in [-0.1, -0.05) is 12.1 Å². The van der Waals surface area contributed by atoms with Crippen LogP contribution in [0.3, 0.4) is 0 Å². The van der Waals surface area contributed by atoms with Gasteiger partial charge in [-0.15, -0.1) is 11.3 Å². The minimum absolute atomic E-state index is 0.0291. The van der Waals surface area contributed by atoms with Crippen LogP contribution in [0.15, 0.2) is 30.3 Å². The second-order valence-electron chi connectivity index (χ2n) is 11.1. The molecule has 0 radical (unpaired) electrons. The predicted octanol–water partition coefficient (Wildman–Crippen LogP) is 5.71. The molecule has 2 heterocycles. The lowest BCUT2D eigenvalue weighted by atomic mass is 9.87. The number of fused-ring (bicyclic) bond motifs is 5. The van der Waals surface area contributed by atoms with Crippen molar-refractivity contribution in [1.82, 2.24) is 4.90 Å². The third-order valence-corrected chi connectivity index (χ3v) is 8.63. The summed E-state index contributed by atoms with van der Waals surface area (Å²) < 4.78 is 20.6. The Kier molecular flexibility index (Phi) is 6.12. The van der Waals surface area contributed by atoms with Gasteiger partial charge in [0.25, 0.3) is 0 Å². The number of nitrogens with zero attached hydrogens (tertiary/aromatic N) is 3. The molecule has 3 fully saturated rings. The van der Waals surface area contributed by atoms with Crippen LogP contribution in [-0.4, -0.2) is 34.5 Å². The molecule has 1 saturated heterocycles. The molecular formula is C28H28FN3O3S. The molecule has 36 heavy (non-hydrogen) atoms. The van der Waals surface area contributed by atoms with E-state index in [1.807, 2.05) is 20.8 Å². The average Bonchev–Trinajstić information content (AvgIpc) is 3.16. The van der Waals surface area contributed by atoms with Crippen molar-refractivity contribution in [3.8, 4) is 22.6 Å². The van der Waals surface area contributed by atoms with E-state index in [0.717, 1.165) is 17.7 Å². The summed E-state index contributed by atoms with van der Waals surface area (Å²) in [6, 6.07) is 12.0. The lowest BCUT2D eigenvalue weighted by Crippen LogP contribution is -2.51. The number of halogens is 1. The van der Waals surface area contributed by atoms with Crippen molar-refractivity contribution in [3.05, 3.63) is 46.6 Å². The van der Waals surface area contributed by atoms with Crippen molar-refractivity contribution < 1.29 is 18.7 Å². The molecule has 2 saturated carbocycles. The summed E-state index contributed by atoms with van der Waals surface area (Å²) in [6.07, 6.45) is 1.48. The van der Waals surface area contributed by atoms with E-state index in [9.17, 15) is 19.2 Å². The van der Waals surface area contributed by atoms with Crippen LogP contribution < -0.4 is 0 Å². The highest BCUT2D eigenvalue weighted by molar-refractivity contribution is 7.16. The molecule has 5 rings (SSSR count). The van der Waals surface area contributed by atoms with Crippen LogP contribution in [0.5, 0.6) is 0 Å². The molecule has 2 bridgehead atoms. The Labute approximate surface area is 214 Å². The molecule has 2 aromatic rings. The van der Waals surface area contributed by atoms with Gasteiger partial charge in [0, 0.05) is 17.3 Å². The zero-order valence-corrected chi connectivity index (χ0v) is 21.3. The van der Waals surface area contributed by atoms with Gasteiger partial charge in [-0.3, -0.25) is 9.69 Å². The first-order valence-corrected chi connectivity index (χ1v) is 13.1. The summed E-state index contributed by atoms with van der Waals surface area (Å²) in [7, 11) is 0. The van der Waals surface area contributed by atoms with Crippen molar-refractivity contribution in [1.29, 1.82) is 10.5 Å². The summed E-state index contributed by atoms with van der Waals surface area (Å²) in [5.41, 5.74) is 0.379. The number of nitriles is 2. The predicted molar refractivity (Wildman–Crippen MR) is 132 cm³/mol. The Bertz CT molecular complexity index is 1300. The zero-order valence-electron chi connectivity index (χ0n) is 20.5. The van der Waals surface area contributed by atoms with Crippen molar-refractivity contribution in [2.75, 3.05) is 0 Å². The number of rotatable bonds is 6. The summed E-state index contributed by atoms with van der Waals surface area (Å²) in [5, 5.41) is 18.8. The number of ether oxygens (including phenoxy) is 1. The van der Waals surface area contributed by atoms with Gasteiger partial charge in [0.1, 0.15) is 22.4 Å². The number of amides is 1. The molecule has 186 valence electrons. The van der Waals surface area contributed by atoms with E-state index < -0.39 is 29.5 Å². The van der Waals surface area contributed by atoms with E-state index >= 15 is 0 Å². The standard InChI is InChI=1S/C28H28FN3O3S/c1-28(2,3)35-27(34)32-23-12-21(19-11-20(19)23)26(32)24(33)9-15(13-30)8-16-4-5-17(10-22(16)29)25-7-6-18(14-31)36-25/h4-7,10,15,19-21,23,26H,8-9,11-12H2,1-3H3/t15-,19-,20+,21-,23+,26+/m1/s1. The molecule has 0 N–H and O–H groups in total. The number of carbonyl (C=O) groups excluding carboxylic acids is 2. The smallest absolute Gasteiger partial charge is 0.411 e. The fourth-order valence-electron chi connectivity index (χ4n) is 6.06. The monoisotopic (exact) mass is 505 g/mol. The number of ketones is 1. The van der Waals surface area contributed by atoms with Crippen LogP contribution in [0.1, 0.15) is 50.5 Å². The molecular weight excluding hydrogens is 477 g/mol. The molecule has 1 aromatic carbocycles. The molecule has 1 amide bonds. The number of benzene rings is 1. The van der Waals surface area contributed by atoms with Gasteiger partial charge < -0.3 is 4.74 Å². The summed E-state index contributed by atoms with van der Waals surface area (Å²) >= 11 is 1.29. The van der Waals surface area contributed by atoms with Crippen LogP contribution in [0.2, 0.25) is 0 Å². The Morgan fingerprint density at radius 1 is 1.17 bits per heavy atom. The maximum Gasteiger partial charge on any atom is 0.411 e. The van der Waals surface area contributed by atoms with Gasteiger partial charge in [-0.2, -0.15) is 10.5 Å². The maximum atomic E-state index is 14.9. The first-order valence-electron chi connectivity index (χ1n) is 12.3. The lowest BCUT2D eigenvalue weighted by molar-refractivity contribution is -0.126. The molecule has 0 spiro atoms. The Balaban J connectivity index is 1.29. The van der Waals surface area contributed by atoms with Crippen LogP contribution in [0.25, 0.3) is 10.4 Å². The van der Waals surface area contributed by atoms with Gasteiger partial charge >= 0.3 is 6.09 Å². The Morgan fingerprint density at radius 2 is 1.94 bits per heavy atom. The van der Waals surface area contributed by atoms with Gasteiger partial charge in [0.2, 0.25) is 0 Å². The van der Waals surface area contributed by atoms with Crippen LogP contribution >= 0.6 is 11.3 Å². The van der Waals surface area contributed by atoms with E-state index in [1.165, 1.54) is 17.4 Å². The molecule has 6 atom stereocenters. The highest BCUT2D eigenvalue weighted by Crippen LogP contribution is 2.63. The van der Waals surface area contributed by atoms with Crippen molar-refractivity contribution >= 4 is 23.2 Å². The van der Waals surface area contributed by atoms with E-state index in [0.29, 0.717) is 27.8 Å². The maximum absolute atomic E-state index is 14.9. The fourth-order valence-corrected chi connectivity index (χ4v) is 6.86. The zero-order chi connectivity index (χ0) is 25.8. The van der Waals surface area contributed by atoms with E-state index in [-0.39, 0.29) is 30.6 Å². The topological polar surface area (TPSA) is 94.2 Å². The van der Waals surface area contributed by atoms with Crippen molar-refractivity contribution in [3.63, 3.8) is 0 Å². The van der Waals surface area contributed by atoms with Gasteiger partial charge in [-0.05, 0) is 87.1 Å². The number of hydrogen-bond donors (Lipinski definition) is 0. The van der Waals surface area contributed by atoms with Crippen LogP contribution in [0.4, 0.5) is 9.18 Å². The number of likely N-dealkylation sites (tertiary alicyclic amines) is 1. The SMILES string of the molecule is CC(C)(C)OC(=O)N1[C@H](C(=O)C[C@H](C#N)Cc2ccc(-c3ccc(C#N)s3)cc2F)[C@@H]2C[C@H]1[C@H]1C[C@@H]21. The fraction of sp³-hybridized carbons (Fsp3) is 0.500. The molecule has 1 aliphatic heterocycles. The first kappa shape index (κ1) is 24.5. The number of carbonyl (C=O) groups is 2. The number of hydrogen-bond acceptors (Lipinski definition) is 6.